The van der Waals surface area contributed by atoms with Crippen molar-refractivity contribution in [1.29, 1.82) is 0 Å². The van der Waals surface area contributed by atoms with E-state index >= 15 is 0 Å². The molecule has 0 atom stereocenters. The van der Waals surface area contributed by atoms with E-state index in [2.05, 4.69) is 10.6 Å². The Morgan fingerprint density at radius 2 is 1.68 bits per heavy atom. The second-order valence-corrected chi connectivity index (χ2v) is 4.90. The Hall–Kier alpha value is -2.27. The number of nitrogens with one attached hydrogen (secondary N) is 2. The Labute approximate surface area is 128 Å². The minimum absolute atomic E-state index is 0.148. The monoisotopic (exact) mass is 304 g/mol. The zero-order chi connectivity index (χ0) is 15.8. The molecule has 0 bridgehead atoms. The van der Waals surface area contributed by atoms with Crippen molar-refractivity contribution < 1.29 is 13.6 Å². The van der Waals surface area contributed by atoms with E-state index in [0.717, 1.165) is 0 Å². The Morgan fingerprint density at radius 3 is 2.41 bits per heavy atom. The van der Waals surface area contributed by atoms with E-state index in [1.165, 1.54) is 30.3 Å². The first-order valence-electron chi connectivity index (χ1n) is 7.15. The lowest BCUT2D eigenvalue weighted by molar-refractivity contribution is -0.116. The number of halogens is 2. The minimum Gasteiger partial charge on any atom is -0.326 e. The van der Waals surface area contributed by atoms with Crippen LogP contribution in [0.25, 0.3) is 0 Å². The summed E-state index contributed by atoms with van der Waals surface area (Å²) in [6.45, 7) is 1.10. The molecule has 0 fully saturated rings. The predicted octanol–water partition coefficient (Wildman–Crippen LogP) is 3.13. The van der Waals surface area contributed by atoms with Gasteiger partial charge in [0.2, 0.25) is 5.91 Å². The topological polar surface area (TPSA) is 41.1 Å². The highest BCUT2D eigenvalue weighted by Crippen LogP contribution is 2.08. The largest absolute Gasteiger partial charge is 0.326 e. The van der Waals surface area contributed by atoms with Gasteiger partial charge in [0.15, 0.2) is 0 Å². The van der Waals surface area contributed by atoms with Crippen molar-refractivity contribution in [2.45, 2.75) is 12.8 Å². The fourth-order valence-electron chi connectivity index (χ4n) is 2.01. The third-order valence-corrected chi connectivity index (χ3v) is 3.19. The molecule has 0 saturated heterocycles. The van der Waals surface area contributed by atoms with Gasteiger partial charge >= 0.3 is 0 Å². The summed E-state index contributed by atoms with van der Waals surface area (Å²) in [6, 6.07) is 12.3. The van der Waals surface area contributed by atoms with Crippen LogP contribution in [-0.2, 0) is 11.2 Å². The maximum Gasteiger partial charge on any atom is 0.225 e. The van der Waals surface area contributed by atoms with E-state index in [4.69, 9.17) is 0 Å². The van der Waals surface area contributed by atoms with Crippen LogP contribution in [-0.4, -0.2) is 19.0 Å². The molecule has 2 aromatic rings. The van der Waals surface area contributed by atoms with Gasteiger partial charge in [-0.3, -0.25) is 4.79 Å². The van der Waals surface area contributed by atoms with Crippen molar-refractivity contribution in [3.8, 4) is 0 Å². The lowest BCUT2D eigenvalue weighted by atomic mass is 10.1. The molecule has 2 aromatic carbocycles. The van der Waals surface area contributed by atoms with Gasteiger partial charge in [-0.2, -0.15) is 0 Å². The smallest absolute Gasteiger partial charge is 0.225 e. The highest BCUT2D eigenvalue weighted by Gasteiger charge is 2.03. The third-order valence-electron chi connectivity index (χ3n) is 3.19. The van der Waals surface area contributed by atoms with Crippen molar-refractivity contribution >= 4 is 11.6 Å². The van der Waals surface area contributed by atoms with Gasteiger partial charge in [0, 0.05) is 18.7 Å². The molecule has 1 amide bonds. The lowest BCUT2D eigenvalue weighted by Crippen LogP contribution is -2.23. The summed E-state index contributed by atoms with van der Waals surface area (Å²) in [5.41, 5.74) is 1.23. The van der Waals surface area contributed by atoms with Crippen LogP contribution in [0, 0.1) is 11.6 Å². The quantitative estimate of drug-likeness (QED) is 0.772. The summed E-state index contributed by atoms with van der Waals surface area (Å²) in [4.78, 5) is 11.7. The van der Waals surface area contributed by atoms with E-state index in [-0.39, 0.29) is 17.5 Å². The van der Waals surface area contributed by atoms with E-state index in [1.807, 2.05) is 0 Å². The Balaban J connectivity index is 1.63. The number of amides is 1. The van der Waals surface area contributed by atoms with Crippen LogP contribution in [0.5, 0.6) is 0 Å². The van der Waals surface area contributed by atoms with Gasteiger partial charge in [-0.15, -0.1) is 0 Å². The average molecular weight is 304 g/mol. The highest BCUT2D eigenvalue weighted by atomic mass is 19.1. The molecule has 0 heterocycles. The van der Waals surface area contributed by atoms with Gasteiger partial charge in [0.25, 0.3) is 0 Å². The number of hydrogen-bond donors (Lipinski definition) is 2. The molecule has 22 heavy (non-hydrogen) atoms. The van der Waals surface area contributed by atoms with E-state index in [1.54, 1.807) is 18.2 Å². The zero-order valence-corrected chi connectivity index (χ0v) is 12.1. The molecule has 0 spiro atoms. The summed E-state index contributed by atoms with van der Waals surface area (Å²) in [5.74, 6) is -0.698. The molecule has 116 valence electrons. The number of anilines is 1. The van der Waals surface area contributed by atoms with Crippen molar-refractivity contribution in [2.24, 2.45) is 0 Å². The number of hydrogen-bond acceptors (Lipinski definition) is 2. The molecule has 0 saturated carbocycles. The van der Waals surface area contributed by atoms with Crippen LogP contribution < -0.4 is 10.6 Å². The molecule has 0 unspecified atom stereocenters. The molecule has 3 nitrogen and oxygen atoms in total. The second kappa shape index (κ2) is 8.24. The van der Waals surface area contributed by atoms with Gasteiger partial charge in [-0.05, 0) is 48.9 Å². The second-order valence-electron chi connectivity index (χ2n) is 4.90. The van der Waals surface area contributed by atoms with Crippen molar-refractivity contribution in [3.05, 3.63) is 65.7 Å². The first kappa shape index (κ1) is 16.1. The molecule has 0 aliphatic rings. The summed E-state index contributed by atoms with van der Waals surface area (Å²) in [6.07, 6.45) is 0.876. The number of rotatable bonds is 7. The average Bonchev–Trinajstić information content (AvgIpc) is 2.51. The maximum absolute atomic E-state index is 13.4. The van der Waals surface area contributed by atoms with Gasteiger partial charge in [-0.25, -0.2) is 8.78 Å². The maximum atomic E-state index is 13.4. The number of carbonyl (C=O) groups excluding carboxylic acids is 1. The third kappa shape index (κ3) is 5.26. The van der Waals surface area contributed by atoms with Crippen LogP contribution >= 0.6 is 0 Å². The predicted molar refractivity (Wildman–Crippen MR) is 82.6 cm³/mol. The molecule has 0 aliphatic heterocycles. The summed E-state index contributed by atoms with van der Waals surface area (Å²) in [7, 11) is 0. The Bertz CT molecular complexity index is 614. The van der Waals surface area contributed by atoms with Crippen LogP contribution in [0.15, 0.2) is 48.5 Å². The molecule has 5 heteroatoms. The number of carbonyl (C=O) groups is 1. The Morgan fingerprint density at radius 1 is 0.955 bits per heavy atom. The lowest BCUT2D eigenvalue weighted by Gasteiger charge is -2.07. The molecule has 0 aromatic heterocycles. The van der Waals surface area contributed by atoms with E-state index < -0.39 is 0 Å². The standard InChI is InChI=1S/C17H18F2N2O/c18-14-5-7-15(8-6-14)21-17(22)10-12-20-11-9-13-3-1-2-4-16(13)19/h1-8,20H,9-12H2,(H,21,22). The fraction of sp³-hybridized carbons (Fsp3) is 0.235. The molecular weight excluding hydrogens is 286 g/mol. The van der Waals surface area contributed by atoms with Crippen molar-refractivity contribution in [2.75, 3.05) is 18.4 Å². The van der Waals surface area contributed by atoms with Crippen LogP contribution in [0.3, 0.4) is 0 Å². The van der Waals surface area contributed by atoms with Crippen molar-refractivity contribution in [3.63, 3.8) is 0 Å². The first-order chi connectivity index (χ1) is 10.6. The van der Waals surface area contributed by atoms with Gasteiger partial charge in [-0.1, -0.05) is 18.2 Å². The van der Waals surface area contributed by atoms with Gasteiger partial charge < -0.3 is 10.6 Å². The van der Waals surface area contributed by atoms with Crippen molar-refractivity contribution in [1.82, 2.24) is 5.32 Å². The highest BCUT2D eigenvalue weighted by molar-refractivity contribution is 5.90. The summed E-state index contributed by atoms with van der Waals surface area (Å²) >= 11 is 0. The summed E-state index contributed by atoms with van der Waals surface area (Å²) in [5, 5.41) is 5.78. The first-order valence-corrected chi connectivity index (χ1v) is 7.15. The molecule has 0 radical (unpaired) electrons. The van der Waals surface area contributed by atoms with Crippen LogP contribution in [0.4, 0.5) is 14.5 Å². The van der Waals surface area contributed by atoms with E-state index in [0.29, 0.717) is 37.2 Å². The molecule has 0 aliphatic carbocycles. The van der Waals surface area contributed by atoms with Gasteiger partial charge in [0.05, 0.1) is 0 Å². The van der Waals surface area contributed by atoms with Crippen LogP contribution in [0.1, 0.15) is 12.0 Å². The molecule has 2 rings (SSSR count). The van der Waals surface area contributed by atoms with E-state index in [9.17, 15) is 13.6 Å². The number of benzene rings is 2. The Kier molecular flexibility index (Phi) is 6.03. The molecular formula is C17H18F2N2O. The fourth-order valence-corrected chi connectivity index (χ4v) is 2.01. The zero-order valence-electron chi connectivity index (χ0n) is 12.1. The minimum atomic E-state index is -0.340. The van der Waals surface area contributed by atoms with Crippen LogP contribution in [0.2, 0.25) is 0 Å². The van der Waals surface area contributed by atoms with Gasteiger partial charge in [0.1, 0.15) is 11.6 Å². The SMILES string of the molecule is O=C(CCNCCc1ccccc1F)Nc1ccc(F)cc1. The molecule has 2 N–H and O–H groups in total. The normalized spacial score (nSPS) is 10.5. The summed E-state index contributed by atoms with van der Waals surface area (Å²) < 4.78 is 26.1.